The third-order valence-electron chi connectivity index (χ3n) is 4.09. The van der Waals surface area contributed by atoms with Crippen LogP contribution in [0.15, 0.2) is 36.4 Å². The van der Waals surface area contributed by atoms with Gasteiger partial charge in [0.05, 0.1) is 6.61 Å². The van der Waals surface area contributed by atoms with Gasteiger partial charge in [-0.1, -0.05) is 24.3 Å². The molecule has 0 bridgehead atoms. The minimum absolute atomic E-state index is 0.0294. The molecule has 0 spiro atoms. The van der Waals surface area contributed by atoms with Gasteiger partial charge >= 0.3 is 0 Å². The Morgan fingerprint density at radius 3 is 2.35 bits per heavy atom. The Balaban J connectivity index is 1.88. The fourth-order valence-corrected chi connectivity index (χ4v) is 2.78. The molecule has 0 fully saturated rings. The first-order chi connectivity index (χ1) is 11.2. The summed E-state index contributed by atoms with van der Waals surface area (Å²) in [5, 5.41) is 9.67. The number of benzene rings is 2. The summed E-state index contributed by atoms with van der Waals surface area (Å²) in [6, 6.07) is 12.5. The van der Waals surface area contributed by atoms with Crippen LogP contribution >= 0.6 is 0 Å². The Bertz CT molecular complexity index is 665. The molecule has 4 nitrogen and oxygen atoms in total. The van der Waals surface area contributed by atoms with Crippen LogP contribution in [-0.2, 0) is 13.0 Å². The molecule has 0 amide bonds. The van der Waals surface area contributed by atoms with Gasteiger partial charge < -0.3 is 20.3 Å². The molecule has 2 aromatic rings. The van der Waals surface area contributed by atoms with Crippen LogP contribution in [0.2, 0.25) is 0 Å². The van der Waals surface area contributed by atoms with Gasteiger partial charge in [0, 0.05) is 6.04 Å². The van der Waals surface area contributed by atoms with Gasteiger partial charge in [0.25, 0.3) is 0 Å². The number of aliphatic hydroxyl groups excluding tert-OH is 1. The molecule has 4 heteroatoms. The van der Waals surface area contributed by atoms with E-state index in [4.69, 9.17) is 15.2 Å². The smallest absolute Gasteiger partial charge is 0.162 e. The van der Waals surface area contributed by atoms with Crippen molar-refractivity contribution in [1.29, 1.82) is 0 Å². The molecule has 0 radical (unpaired) electrons. The molecule has 1 aliphatic rings. The highest BCUT2D eigenvalue weighted by Gasteiger charge is 2.16. The van der Waals surface area contributed by atoms with E-state index in [2.05, 4.69) is 24.3 Å². The molecule has 0 aromatic heterocycles. The van der Waals surface area contributed by atoms with Crippen LogP contribution in [0.25, 0.3) is 11.1 Å². The maximum Gasteiger partial charge on any atom is 0.162 e. The number of aliphatic hydroxyl groups is 1. The summed E-state index contributed by atoms with van der Waals surface area (Å²) in [6.07, 6.45) is 1.96. The molecule has 1 aliphatic heterocycles. The summed E-state index contributed by atoms with van der Waals surface area (Å²) in [6.45, 7) is 3.10. The van der Waals surface area contributed by atoms with E-state index in [1.165, 1.54) is 5.56 Å². The monoisotopic (exact) mass is 313 g/mol. The molecule has 3 rings (SSSR count). The highest BCUT2D eigenvalue weighted by atomic mass is 16.6. The topological polar surface area (TPSA) is 64.7 Å². The number of aryl methyl sites for hydroxylation is 1. The van der Waals surface area contributed by atoms with Crippen LogP contribution in [0.1, 0.15) is 24.5 Å². The fraction of sp³-hybridized carbons (Fsp3) is 0.368. The summed E-state index contributed by atoms with van der Waals surface area (Å²) < 4.78 is 11.2. The number of fused-ring (bicyclic) bond motifs is 1. The molecule has 122 valence electrons. The lowest BCUT2D eigenvalue weighted by Gasteiger charge is -2.21. The van der Waals surface area contributed by atoms with Crippen molar-refractivity contribution in [2.75, 3.05) is 13.2 Å². The maximum absolute atomic E-state index is 9.67. The number of rotatable bonds is 5. The quantitative estimate of drug-likeness (QED) is 0.891. The predicted molar refractivity (Wildman–Crippen MR) is 90.8 cm³/mol. The normalized spacial score (nSPS) is 14.6. The average molecular weight is 313 g/mol. The van der Waals surface area contributed by atoms with E-state index >= 15 is 0 Å². The minimum atomic E-state index is -0.0294. The van der Waals surface area contributed by atoms with Crippen LogP contribution in [0.3, 0.4) is 0 Å². The third kappa shape index (κ3) is 3.66. The first-order valence-electron chi connectivity index (χ1n) is 8.05. The lowest BCUT2D eigenvalue weighted by molar-refractivity contribution is 0.171. The van der Waals surface area contributed by atoms with Crippen molar-refractivity contribution in [3.63, 3.8) is 0 Å². The predicted octanol–water partition coefficient (Wildman–Crippen LogP) is 2.90. The maximum atomic E-state index is 9.67. The molecule has 2 aromatic carbocycles. The van der Waals surface area contributed by atoms with Gasteiger partial charge in [0.15, 0.2) is 11.5 Å². The Hall–Kier alpha value is -2.04. The molecule has 1 heterocycles. The Morgan fingerprint density at radius 2 is 1.74 bits per heavy atom. The number of hydrogen-bond acceptors (Lipinski definition) is 4. The van der Waals surface area contributed by atoms with Crippen molar-refractivity contribution in [3.05, 3.63) is 47.5 Å². The van der Waals surface area contributed by atoms with Crippen LogP contribution < -0.4 is 15.2 Å². The second kappa shape index (κ2) is 7.02. The average Bonchev–Trinajstić information content (AvgIpc) is 2.59. The van der Waals surface area contributed by atoms with Crippen molar-refractivity contribution in [2.24, 2.45) is 5.73 Å². The number of nitrogens with two attached hydrogens (primary N) is 1. The molecule has 1 unspecified atom stereocenters. The zero-order valence-corrected chi connectivity index (χ0v) is 13.4. The first kappa shape index (κ1) is 15.8. The Labute approximate surface area is 136 Å². The second-order valence-corrected chi connectivity index (χ2v) is 6.02. The molecule has 1 atom stereocenters. The summed E-state index contributed by atoms with van der Waals surface area (Å²) >= 11 is 0. The van der Waals surface area contributed by atoms with E-state index in [-0.39, 0.29) is 12.6 Å². The second-order valence-electron chi connectivity index (χ2n) is 6.02. The first-order valence-corrected chi connectivity index (χ1v) is 8.05. The van der Waals surface area contributed by atoms with Crippen molar-refractivity contribution < 1.29 is 14.6 Å². The van der Waals surface area contributed by atoms with Crippen molar-refractivity contribution in [3.8, 4) is 22.6 Å². The van der Waals surface area contributed by atoms with Crippen LogP contribution in [0.5, 0.6) is 11.5 Å². The molecule has 3 N–H and O–H groups in total. The highest BCUT2D eigenvalue weighted by molar-refractivity contribution is 5.71. The molecule has 23 heavy (non-hydrogen) atoms. The molecular weight excluding hydrogens is 290 g/mol. The number of hydrogen-bond donors (Lipinski definition) is 2. The molecular formula is C19H23NO3. The largest absolute Gasteiger partial charge is 0.486 e. The van der Waals surface area contributed by atoms with Gasteiger partial charge in [0.1, 0.15) is 13.2 Å². The third-order valence-corrected chi connectivity index (χ3v) is 4.09. The summed E-state index contributed by atoms with van der Waals surface area (Å²) in [5.74, 6) is 1.45. The summed E-state index contributed by atoms with van der Waals surface area (Å²) in [5.41, 5.74) is 9.97. The van der Waals surface area contributed by atoms with Gasteiger partial charge in [-0.2, -0.15) is 0 Å². The van der Waals surface area contributed by atoms with Gasteiger partial charge in [-0.25, -0.2) is 0 Å². The SMILES string of the molecule is CC(N)CCc1ccc(-c2cc3c(cc2CO)OCCO3)cc1. The highest BCUT2D eigenvalue weighted by Crippen LogP contribution is 2.37. The Kier molecular flexibility index (Phi) is 4.84. The zero-order chi connectivity index (χ0) is 16.2. The van der Waals surface area contributed by atoms with E-state index in [1.807, 2.05) is 19.1 Å². The molecule has 0 saturated heterocycles. The lowest BCUT2D eigenvalue weighted by Crippen LogP contribution is -2.15. The van der Waals surface area contributed by atoms with Gasteiger partial charge in [-0.3, -0.25) is 0 Å². The molecule has 0 aliphatic carbocycles. The summed E-state index contributed by atoms with van der Waals surface area (Å²) in [4.78, 5) is 0. The fourth-order valence-electron chi connectivity index (χ4n) is 2.78. The van der Waals surface area contributed by atoms with Crippen molar-refractivity contribution in [1.82, 2.24) is 0 Å². The van der Waals surface area contributed by atoms with E-state index in [9.17, 15) is 5.11 Å². The van der Waals surface area contributed by atoms with E-state index in [0.29, 0.717) is 19.0 Å². The van der Waals surface area contributed by atoms with Gasteiger partial charge in [-0.05, 0) is 54.2 Å². The zero-order valence-electron chi connectivity index (χ0n) is 13.4. The van der Waals surface area contributed by atoms with Gasteiger partial charge in [0.2, 0.25) is 0 Å². The standard InChI is InChI=1S/C19H23NO3/c1-13(20)2-3-14-4-6-15(7-5-14)17-11-19-18(10-16(17)12-21)22-8-9-23-19/h4-7,10-11,13,21H,2-3,8-9,12,20H2,1H3. The van der Waals surface area contributed by atoms with Crippen LogP contribution in [0, 0.1) is 0 Å². The van der Waals surface area contributed by atoms with E-state index < -0.39 is 0 Å². The number of ether oxygens (including phenoxy) is 2. The van der Waals surface area contributed by atoms with E-state index in [1.54, 1.807) is 0 Å². The van der Waals surface area contributed by atoms with Gasteiger partial charge in [-0.15, -0.1) is 0 Å². The minimum Gasteiger partial charge on any atom is -0.486 e. The van der Waals surface area contributed by atoms with Crippen molar-refractivity contribution in [2.45, 2.75) is 32.4 Å². The lowest BCUT2D eigenvalue weighted by atomic mass is 9.97. The van der Waals surface area contributed by atoms with Crippen LogP contribution in [-0.4, -0.2) is 24.4 Å². The van der Waals surface area contributed by atoms with Crippen molar-refractivity contribution >= 4 is 0 Å². The Morgan fingerprint density at radius 1 is 1.09 bits per heavy atom. The van der Waals surface area contributed by atoms with E-state index in [0.717, 1.165) is 35.3 Å². The van der Waals surface area contributed by atoms with Crippen LogP contribution in [0.4, 0.5) is 0 Å². The summed E-state index contributed by atoms with van der Waals surface area (Å²) in [7, 11) is 0. The molecule has 0 saturated carbocycles.